The molecule has 1 heterocycles. The number of nitrogens with zero attached hydrogens (tertiary/aromatic N) is 1. The number of hydrogen-bond donors (Lipinski definition) is 3. The van der Waals surface area contributed by atoms with Crippen molar-refractivity contribution in [2.24, 2.45) is 5.92 Å². The fourth-order valence-corrected chi connectivity index (χ4v) is 3.31. The Morgan fingerprint density at radius 3 is 2.54 bits per heavy atom. The van der Waals surface area contributed by atoms with E-state index < -0.39 is 0 Å². The van der Waals surface area contributed by atoms with Crippen molar-refractivity contribution in [1.29, 1.82) is 0 Å². The Labute approximate surface area is 159 Å². The standard InChI is InChI=1S/C20H24ClN3O2/c21-17-2-1-3-18(12-17)23-20(26)22-13-15-4-6-19(7-5-15)24-10-8-16(14-25)9-11-24/h1-7,12,16,25H,8-11,13-14H2,(H2,22,23,26). The van der Waals surface area contributed by atoms with Crippen LogP contribution in [0.15, 0.2) is 48.5 Å². The number of aliphatic hydroxyl groups is 1. The predicted molar refractivity (Wildman–Crippen MR) is 106 cm³/mol. The quantitative estimate of drug-likeness (QED) is 0.745. The molecule has 5 nitrogen and oxygen atoms in total. The van der Waals surface area contributed by atoms with Crippen LogP contribution in [0.25, 0.3) is 0 Å². The van der Waals surface area contributed by atoms with Gasteiger partial charge in [-0.1, -0.05) is 29.8 Å². The topological polar surface area (TPSA) is 64.6 Å². The molecule has 1 aliphatic rings. The molecular formula is C20H24ClN3O2. The molecule has 0 radical (unpaired) electrons. The van der Waals surface area contributed by atoms with E-state index in [1.807, 2.05) is 12.1 Å². The Bertz CT molecular complexity index is 728. The maximum atomic E-state index is 12.0. The molecule has 0 unspecified atom stereocenters. The smallest absolute Gasteiger partial charge is 0.319 e. The number of amides is 2. The van der Waals surface area contributed by atoms with Crippen LogP contribution in [0.1, 0.15) is 18.4 Å². The van der Waals surface area contributed by atoms with Gasteiger partial charge >= 0.3 is 6.03 Å². The number of anilines is 2. The van der Waals surface area contributed by atoms with Gasteiger partial charge in [-0.05, 0) is 54.7 Å². The van der Waals surface area contributed by atoms with E-state index in [1.54, 1.807) is 24.3 Å². The number of benzene rings is 2. The lowest BCUT2D eigenvalue weighted by Crippen LogP contribution is -2.34. The zero-order valence-electron chi connectivity index (χ0n) is 14.6. The zero-order chi connectivity index (χ0) is 18.4. The van der Waals surface area contributed by atoms with Crippen LogP contribution >= 0.6 is 11.6 Å². The number of rotatable bonds is 5. The third-order valence-electron chi connectivity index (χ3n) is 4.71. The lowest BCUT2D eigenvalue weighted by atomic mass is 9.97. The number of aliphatic hydroxyl groups excluding tert-OH is 1. The van der Waals surface area contributed by atoms with Crippen molar-refractivity contribution in [3.63, 3.8) is 0 Å². The minimum absolute atomic E-state index is 0.262. The van der Waals surface area contributed by atoms with Crippen LogP contribution in [0, 0.1) is 5.92 Å². The molecule has 2 aromatic rings. The van der Waals surface area contributed by atoms with Crippen molar-refractivity contribution in [1.82, 2.24) is 5.32 Å². The second kappa shape index (κ2) is 8.92. The molecule has 0 atom stereocenters. The minimum Gasteiger partial charge on any atom is -0.396 e. The lowest BCUT2D eigenvalue weighted by molar-refractivity contribution is 0.203. The van der Waals surface area contributed by atoms with Gasteiger partial charge in [0.2, 0.25) is 0 Å². The van der Waals surface area contributed by atoms with Crippen LogP contribution in [-0.2, 0) is 6.54 Å². The van der Waals surface area contributed by atoms with E-state index in [0.717, 1.165) is 31.5 Å². The van der Waals surface area contributed by atoms with Gasteiger partial charge in [-0.25, -0.2) is 4.79 Å². The number of carbonyl (C=O) groups excluding carboxylic acids is 1. The van der Waals surface area contributed by atoms with Crippen molar-refractivity contribution < 1.29 is 9.90 Å². The molecular weight excluding hydrogens is 350 g/mol. The van der Waals surface area contributed by atoms with Crippen LogP contribution in [0.4, 0.5) is 16.2 Å². The maximum Gasteiger partial charge on any atom is 0.319 e. The number of urea groups is 1. The van der Waals surface area contributed by atoms with Crippen molar-refractivity contribution >= 4 is 29.0 Å². The first-order valence-electron chi connectivity index (χ1n) is 8.89. The second-order valence-corrected chi connectivity index (χ2v) is 7.03. The van der Waals surface area contributed by atoms with Crippen LogP contribution < -0.4 is 15.5 Å². The number of carbonyl (C=O) groups is 1. The first-order chi connectivity index (χ1) is 12.6. The summed E-state index contributed by atoms with van der Waals surface area (Å²) in [5.41, 5.74) is 2.89. The van der Waals surface area contributed by atoms with E-state index in [0.29, 0.717) is 23.2 Å². The Morgan fingerprint density at radius 1 is 1.15 bits per heavy atom. The molecule has 0 aliphatic carbocycles. The molecule has 26 heavy (non-hydrogen) atoms. The summed E-state index contributed by atoms with van der Waals surface area (Å²) < 4.78 is 0. The van der Waals surface area contributed by atoms with Gasteiger partial charge < -0.3 is 20.6 Å². The molecule has 2 aromatic carbocycles. The summed E-state index contributed by atoms with van der Waals surface area (Å²) in [5, 5.41) is 15.4. The molecule has 2 amide bonds. The summed E-state index contributed by atoms with van der Waals surface area (Å²) in [6.45, 7) is 2.70. The first kappa shape index (κ1) is 18.5. The summed E-state index contributed by atoms with van der Waals surface area (Å²) in [5.74, 6) is 0.438. The highest BCUT2D eigenvalue weighted by Gasteiger charge is 2.18. The second-order valence-electron chi connectivity index (χ2n) is 6.60. The largest absolute Gasteiger partial charge is 0.396 e. The highest BCUT2D eigenvalue weighted by atomic mass is 35.5. The van der Waals surface area contributed by atoms with E-state index in [2.05, 4.69) is 27.7 Å². The van der Waals surface area contributed by atoms with Gasteiger partial charge in [-0.3, -0.25) is 0 Å². The summed E-state index contributed by atoms with van der Waals surface area (Å²) in [6, 6.07) is 15.0. The fourth-order valence-electron chi connectivity index (χ4n) is 3.12. The monoisotopic (exact) mass is 373 g/mol. The number of halogens is 1. The summed E-state index contributed by atoms with van der Waals surface area (Å²) >= 11 is 5.91. The van der Waals surface area contributed by atoms with Crippen molar-refractivity contribution in [3.8, 4) is 0 Å². The highest BCUT2D eigenvalue weighted by molar-refractivity contribution is 6.30. The van der Waals surface area contributed by atoms with Crippen LogP contribution in [0.2, 0.25) is 5.02 Å². The minimum atomic E-state index is -0.262. The maximum absolute atomic E-state index is 12.0. The number of nitrogens with one attached hydrogen (secondary N) is 2. The van der Waals surface area contributed by atoms with E-state index in [4.69, 9.17) is 11.6 Å². The van der Waals surface area contributed by atoms with Crippen molar-refractivity contribution in [3.05, 3.63) is 59.1 Å². The Morgan fingerprint density at radius 2 is 1.88 bits per heavy atom. The lowest BCUT2D eigenvalue weighted by Gasteiger charge is -2.33. The van der Waals surface area contributed by atoms with Gasteiger partial charge in [0, 0.05) is 42.6 Å². The molecule has 0 saturated carbocycles. The molecule has 1 saturated heterocycles. The molecule has 6 heteroatoms. The van der Waals surface area contributed by atoms with Crippen molar-refractivity contribution in [2.45, 2.75) is 19.4 Å². The van der Waals surface area contributed by atoms with E-state index in [9.17, 15) is 9.90 Å². The van der Waals surface area contributed by atoms with Crippen LogP contribution in [0.3, 0.4) is 0 Å². The predicted octanol–water partition coefficient (Wildman–Crippen LogP) is 3.87. The molecule has 0 bridgehead atoms. The molecule has 138 valence electrons. The van der Waals surface area contributed by atoms with Gasteiger partial charge in [-0.2, -0.15) is 0 Å². The molecule has 3 N–H and O–H groups in total. The first-order valence-corrected chi connectivity index (χ1v) is 9.27. The normalized spacial score (nSPS) is 14.9. The number of piperidine rings is 1. The summed E-state index contributed by atoms with van der Waals surface area (Å²) in [6.07, 6.45) is 2.06. The SMILES string of the molecule is O=C(NCc1ccc(N2CCC(CO)CC2)cc1)Nc1cccc(Cl)c1. The average Bonchev–Trinajstić information content (AvgIpc) is 2.67. The summed E-state index contributed by atoms with van der Waals surface area (Å²) in [7, 11) is 0. The highest BCUT2D eigenvalue weighted by Crippen LogP contribution is 2.23. The molecule has 1 fully saturated rings. The molecule has 3 rings (SSSR count). The summed E-state index contributed by atoms with van der Waals surface area (Å²) in [4.78, 5) is 14.3. The third-order valence-corrected chi connectivity index (χ3v) is 4.94. The zero-order valence-corrected chi connectivity index (χ0v) is 15.4. The average molecular weight is 374 g/mol. The molecule has 0 aromatic heterocycles. The van der Waals surface area contributed by atoms with Crippen LogP contribution in [-0.4, -0.2) is 30.8 Å². The van der Waals surface area contributed by atoms with Gasteiger partial charge in [0.15, 0.2) is 0 Å². The van der Waals surface area contributed by atoms with Gasteiger partial charge in [-0.15, -0.1) is 0 Å². The van der Waals surface area contributed by atoms with E-state index >= 15 is 0 Å². The van der Waals surface area contributed by atoms with E-state index in [-0.39, 0.29) is 12.6 Å². The van der Waals surface area contributed by atoms with E-state index in [1.165, 1.54) is 5.69 Å². The van der Waals surface area contributed by atoms with Gasteiger partial charge in [0.05, 0.1) is 0 Å². The van der Waals surface area contributed by atoms with Gasteiger partial charge in [0.1, 0.15) is 0 Å². The molecule has 1 aliphatic heterocycles. The molecule has 0 spiro atoms. The van der Waals surface area contributed by atoms with Gasteiger partial charge in [0.25, 0.3) is 0 Å². The fraction of sp³-hybridized carbons (Fsp3) is 0.350. The third kappa shape index (κ3) is 5.13. The Kier molecular flexibility index (Phi) is 6.36. The number of hydrogen-bond acceptors (Lipinski definition) is 3. The van der Waals surface area contributed by atoms with Crippen molar-refractivity contribution in [2.75, 3.05) is 29.9 Å². The Balaban J connectivity index is 1.47. The Hall–Kier alpha value is -2.24. The van der Waals surface area contributed by atoms with Crippen LogP contribution in [0.5, 0.6) is 0 Å².